The Bertz CT molecular complexity index is 804. The van der Waals surface area contributed by atoms with Crippen molar-refractivity contribution in [2.24, 2.45) is 5.92 Å². The first kappa shape index (κ1) is 19.5. The van der Waals surface area contributed by atoms with E-state index in [0.717, 1.165) is 48.5 Å². The van der Waals surface area contributed by atoms with Gasteiger partial charge < -0.3 is 15.0 Å². The second-order valence-electron chi connectivity index (χ2n) is 6.62. The number of hydrogen-bond donors (Lipinski definition) is 1. The first-order valence-electron chi connectivity index (χ1n) is 9.02. The molecule has 0 atom stereocenters. The van der Waals surface area contributed by atoms with E-state index < -0.39 is 11.6 Å². The minimum Gasteiger partial charge on any atom is -0.492 e. The second-order valence-corrected chi connectivity index (χ2v) is 7.56. The third kappa shape index (κ3) is 4.74. The molecule has 3 rings (SSSR count). The van der Waals surface area contributed by atoms with Crippen molar-refractivity contribution < 1.29 is 18.3 Å². The predicted octanol–water partition coefficient (Wildman–Crippen LogP) is 4.48. The third-order valence-corrected chi connectivity index (χ3v) is 5.70. The number of anilines is 1. The monoisotopic (exact) mass is 395 g/mol. The van der Waals surface area contributed by atoms with Gasteiger partial charge in [-0.15, -0.1) is 11.3 Å². The minimum absolute atomic E-state index is 0.00277. The Hall–Kier alpha value is -2.22. The van der Waals surface area contributed by atoms with Gasteiger partial charge in [-0.2, -0.15) is 0 Å². The maximum absolute atomic E-state index is 13.8. The first-order chi connectivity index (χ1) is 13.0. The highest BCUT2D eigenvalue weighted by Gasteiger charge is 2.25. The first-order valence-corrected chi connectivity index (χ1v) is 9.90. The molecule has 0 aliphatic carbocycles. The number of piperidine rings is 1. The number of likely N-dealkylation sites (tertiary alicyclic amines) is 1. The van der Waals surface area contributed by atoms with E-state index in [1.54, 1.807) is 16.2 Å². The molecular formula is C19H23F2N3O2S. The number of thiazole rings is 1. The van der Waals surface area contributed by atoms with Gasteiger partial charge in [0.25, 0.3) is 0 Å². The van der Waals surface area contributed by atoms with Crippen molar-refractivity contribution in [3.05, 3.63) is 39.8 Å². The summed E-state index contributed by atoms with van der Waals surface area (Å²) in [6.45, 7) is 3.29. The summed E-state index contributed by atoms with van der Waals surface area (Å²) < 4.78 is 32.1. The van der Waals surface area contributed by atoms with Gasteiger partial charge in [0.15, 0.2) is 11.6 Å². The highest BCUT2D eigenvalue weighted by molar-refractivity contribution is 7.09. The number of nitrogens with zero attached hydrogens (tertiary/aromatic N) is 2. The van der Waals surface area contributed by atoms with E-state index in [2.05, 4.69) is 22.6 Å². The summed E-state index contributed by atoms with van der Waals surface area (Å²) in [6.07, 6.45) is 3.63. The lowest BCUT2D eigenvalue weighted by atomic mass is 9.94. The van der Waals surface area contributed by atoms with Crippen molar-refractivity contribution >= 4 is 23.1 Å². The fourth-order valence-electron chi connectivity index (χ4n) is 3.25. The van der Waals surface area contributed by atoms with Gasteiger partial charge >= 0.3 is 6.03 Å². The molecule has 0 unspecified atom stereocenters. The van der Waals surface area contributed by atoms with Gasteiger partial charge in [0.1, 0.15) is 5.82 Å². The van der Waals surface area contributed by atoms with E-state index in [9.17, 15) is 13.6 Å². The van der Waals surface area contributed by atoms with Crippen molar-refractivity contribution in [2.75, 3.05) is 25.5 Å². The van der Waals surface area contributed by atoms with Crippen LogP contribution < -0.4 is 10.1 Å². The highest BCUT2D eigenvalue weighted by Crippen LogP contribution is 2.30. The smallest absolute Gasteiger partial charge is 0.321 e. The van der Waals surface area contributed by atoms with Crippen molar-refractivity contribution in [3.8, 4) is 5.75 Å². The summed E-state index contributed by atoms with van der Waals surface area (Å²) in [6, 6.07) is 1.40. The summed E-state index contributed by atoms with van der Waals surface area (Å²) in [5.74, 6) is -1.29. The average Bonchev–Trinajstić information content (AvgIpc) is 3.09. The van der Waals surface area contributed by atoms with Crippen molar-refractivity contribution in [3.63, 3.8) is 0 Å². The Balaban J connectivity index is 1.56. The van der Waals surface area contributed by atoms with Crippen molar-refractivity contribution in [1.29, 1.82) is 0 Å². The molecule has 2 heterocycles. The van der Waals surface area contributed by atoms with Gasteiger partial charge in [0, 0.05) is 37.0 Å². The molecule has 1 aromatic carbocycles. The quantitative estimate of drug-likeness (QED) is 0.812. The number of rotatable bonds is 5. The van der Waals surface area contributed by atoms with Crippen LogP contribution in [0.25, 0.3) is 0 Å². The molecule has 1 N–H and O–H groups in total. The molecule has 0 saturated carbocycles. The summed E-state index contributed by atoms with van der Waals surface area (Å²) in [5.41, 5.74) is 1.13. The number of aromatic nitrogens is 1. The maximum atomic E-state index is 13.8. The van der Waals surface area contributed by atoms with E-state index in [0.29, 0.717) is 19.0 Å². The maximum Gasteiger partial charge on any atom is 0.321 e. The molecule has 8 heteroatoms. The predicted molar refractivity (Wildman–Crippen MR) is 101 cm³/mol. The summed E-state index contributed by atoms with van der Waals surface area (Å²) in [4.78, 5) is 18.7. The van der Waals surface area contributed by atoms with Gasteiger partial charge in [-0.25, -0.2) is 18.6 Å². The molecule has 0 bridgehead atoms. The molecule has 1 aromatic heterocycles. The standard InChI is InChI=1S/C19H23F2N3O2S/c1-3-14-11-27-17(22-14)8-12-4-6-24(7-5-12)19(25)23-16-10-13(20)9-15(21)18(16)26-2/h9-12H,3-8H2,1-2H3,(H,23,25). The van der Waals surface area contributed by atoms with Crippen LogP contribution >= 0.6 is 11.3 Å². The molecule has 2 aromatic rings. The number of carbonyl (C=O) groups is 1. The second kappa shape index (κ2) is 8.65. The molecule has 1 aliphatic rings. The van der Waals surface area contributed by atoms with E-state index >= 15 is 0 Å². The number of urea groups is 1. The number of carbonyl (C=O) groups excluding carboxylic acids is 1. The zero-order chi connectivity index (χ0) is 19.4. The number of halogens is 2. The number of ether oxygens (including phenoxy) is 1. The number of aryl methyl sites for hydroxylation is 1. The van der Waals surface area contributed by atoms with E-state index in [4.69, 9.17) is 4.74 Å². The van der Waals surface area contributed by atoms with Crippen LogP contribution in [0.15, 0.2) is 17.5 Å². The summed E-state index contributed by atoms with van der Waals surface area (Å²) in [7, 11) is 1.28. The zero-order valence-electron chi connectivity index (χ0n) is 15.4. The Morgan fingerprint density at radius 1 is 1.37 bits per heavy atom. The van der Waals surface area contributed by atoms with E-state index in [1.807, 2.05) is 0 Å². The molecule has 146 valence electrons. The molecule has 1 saturated heterocycles. The Morgan fingerprint density at radius 2 is 2.11 bits per heavy atom. The fourth-order valence-corrected chi connectivity index (χ4v) is 4.24. The van der Waals surface area contributed by atoms with Gasteiger partial charge in [0.05, 0.1) is 23.5 Å². The number of nitrogens with one attached hydrogen (secondary N) is 1. The molecule has 2 amide bonds. The van der Waals surface area contributed by atoms with Crippen molar-refractivity contribution in [2.45, 2.75) is 32.6 Å². The number of benzene rings is 1. The molecule has 5 nitrogen and oxygen atoms in total. The molecule has 27 heavy (non-hydrogen) atoms. The topological polar surface area (TPSA) is 54.5 Å². The van der Waals surface area contributed by atoms with Gasteiger partial charge in [-0.3, -0.25) is 0 Å². The Morgan fingerprint density at radius 3 is 2.74 bits per heavy atom. The number of hydrogen-bond acceptors (Lipinski definition) is 4. The molecule has 0 spiro atoms. The fraction of sp³-hybridized carbons (Fsp3) is 0.474. The van der Waals surface area contributed by atoms with E-state index in [-0.39, 0.29) is 17.5 Å². The zero-order valence-corrected chi connectivity index (χ0v) is 16.2. The van der Waals surface area contributed by atoms with Crippen molar-refractivity contribution in [1.82, 2.24) is 9.88 Å². The van der Waals surface area contributed by atoms with Crippen LogP contribution in [-0.2, 0) is 12.8 Å². The Labute approximate surface area is 161 Å². The van der Waals surface area contributed by atoms with Gasteiger partial charge in [0.2, 0.25) is 0 Å². The van der Waals surface area contributed by atoms with Crippen LogP contribution in [-0.4, -0.2) is 36.1 Å². The van der Waals surface area contributed by atoms with Crippen LogP contribution in [0, 0.1) is 17.6 Å². The lowest BCUT2D eigenvalue weighted by Crippen LogP contribution is -2.41. The molecule has 1 fully saturated rings. The third-order valence-electron chi connectivity index (χ3n) is 4.78. The van der Waals surface area contributed by atoms with Gasteiger partial charge in [-0.1, -0.05) is 6.92 Å². The lowest BCUT2D eigenvalue weighted by Gasteiger charge is -2.31. The number of amides is 2. The van der Waals surface area contributed by atoms with Crippen LogP contribution in [0.5, 0.6) is 5.75 Å². The van der Waals surface area contributed by atoms with Crippen LogP contribution in [0.1, 0.15) is 30.5 Å². The van der Waals surface area contributed by atoms with Gasteiger partial charge in [-0.05, 0) is 25.2 Å². The van der Waals surface area contributed by atoms with E-state index in [1.165, 1.54) is 7.11 Å². The average molecular weight is 395 g/mol. The summed E-state index contributed by atoms with van der Waals surface area (Å²) >= 11 is 1.69. The van der Waals surface area contributed by atoms with Crippen LogP contribution in [0.2, 0.25) is 0 Å². The molecular weight excluding hydrogens is 372 g/mol. The molecule has 1 aliphatic heterocycles. The minimum atomic E-state index is -0.846. The van der Waals surface area contributed by atoms with Crippen LogP contribution in [0.3, 0.4) is 0 Å². The Kier molecular flexibility index (Phi) is 6.26. The highest BCUT2D eigenvalue weighted by atomic mass is 32.1. The SMILES string of the molecule is CCc1csc(CC2CCN(C(=O)Nc3cc(F)cc(F)c3OC)CC2)n1. The normalized spacial score (nSPS) is 15.0. The van der Waals surface area contributed by atoms with Crippen LogP contribution in [0.4, 0.5) is 19.3 Å². The number of methoxy groups -OCH3 is 1. The largest absolute Gasteiger partial charge is 0.492 e. The summed E-state index contributed by atoms with van der Waals surface area (Å²) in [5, 5.41) is 5.81. The lowest BCUT2D eigenvalue weighted by molar-refractivity contribution is 0.182. The molecule has 0 radical (unpaired) electrons.